The molecule has 1 aromatic heterocycles. The van der Waals surface area contributed by atoms with E-state index in [-0.39, 0.29) is 0 Å². The van der Waals surface area contributed by atoms with Crippen LogP contribution in [0.4, 0.5) is 0 Å². The van der Waals surface area contributed by atoms with Crippen molar-refractivity contribution in [1.82, 2.24) is 15.5 Å². The van der Waals surface area contributed by atoms with Crippen LogP contribution in [0.15, 0.2) is 4.52 Å². The molecule has 1 aliphatic carbocycles. The minimum atomic E-state index is 0.623. The second-order valence-corrected chi connectivity index (χ2v) is 3.50. The van der Waals surface area contributed by atoms with E-state index in [9.17, 15) is 0 Å². The van der Waals surface area contributed by atoms with Crippen molar-refractivity contribution in [3.63, 3.8) is 0 Å². The van der Waals surface area contributed by atoms with Gasteiger partial charge in [0.15, 0.2) is 5.82 Å². The van der Waals surface area contributed by atoms with Crippen LogP contribution in [0.3, 0.4) is 0 Å². The maximum Gasteiger partial charge on any atom is 0.229 e. The van der Waals surface area contributed by atoms with Crippen LogP contribution < -0.4 is 5.32 Å². The van der Waals surface area contributed by atoms with Crippen molar-refractivity contribution in [2.45, 2.75) is 31.8 Å². The second-order valence-electron chi connectivity index (χ2n) is 3.50. The zero-order valence-electron chi connectivity index (χ0n) is 8.32. The Morgan fingerprint density at radius 1 is 1.57 bits per heavy atom. The minimum Gasteiger partial charge on any atom is -0.384 e. The molecule has 0 unspecified atom stereocenters. The highest BCUT2D eigenvalue weighted by Gasteiger charge is 2.20. The van der Waals surface area contributed by atoms with Crippen LogP contribution in [-0.2, 0) is 17.7 Å². The number of methoxy groups -OCH3 is 1. The third kappa shape index (κ3) is 2.78. The first-order chi connectivity index (χ1) is 6.88. The number of hydrogen-bond acceptors (Lipinski definition) is 5. The van der Waals surface area contributed by atoms with Crippen LogP contribution in [0, 0.1) is 0 Å². The van der Waals surface area contributed by atoms with Crippen molar-refractivity contribution < 1.29 is 9.26 Å². The lowest BCUT2D eigenvalue weighted by molar-refractivity contribution is 0.192. The average molecular weight is 197 g/mol. The second kappa shape index (κ2) is 4.52. The molecular formula is C9H15N3O2. The van der Waals surface area contributed by atoms with Gasteiger partial charge in [-0.3, -0.25) is 0 Å². The van der Waals surface area contributed by atoms with E-state index in [0.29, 0.717) is 31.5 Å². The van der Waals surface area contributed by atoms with Gasteiger partial charge in [0.2, 0.25) is 5.89 Å². The maximum atomic E-state index is 5.04. The highest BCUT2D eigenvalue weighted by atomic mass is 16.5. The van der Waals surface area contributed by atoms with E-state index in [4.69, 9.17) is 9.26 Å². The Bertz CT molecular complexity index is 283. The molecule has 5 heteroatoms. The van der Waals surface area contributed by atoms with Crippen molar-refractivity contribution in [1.29, 1.82) is 0 Å². The third-order valence-electron chi connectivity index (χ3n) is 2.16. The monoisotopic (exact) mass is 197 g/mol. The number of ether oxygens (including phenoxy) is 1. The van der Waals surface area contributed by atoms with Crippen LogP contribution in [0.25, 0.3) is 0 Å². The lowest BCUT2D eigenvalue weighted by Crippen LogP contribution is -2.16. The van der Waals surface area contributed by atoms with Crippen LogP contribution in [0.5, 0.6) is 0 Å². The van der Waals surface area contributed by atoms with Gasteiger partial charge in [-0.25, -0.2) is 0 Å². The van der Waals surface area contributed by atoms with Crippen LogP contribution in [0.1, 0.15) is 24.6 Å². The Balaban J connectivity index is 1.76. The molecule has 0 amide bonds. The average Bonchev–Trinajstić information content (AvgIpc) is 2.92. The zero-order chi connectivity index (χ0) is 9.80. The molecule has 0 atom stereocenters. The van der Waals surface area contributed by atoms with Gasteiger partial charge >= 0.3 is 0 Å². The molecule has 0 saturated heterocycles. The van der Waals surface area contributed by atoms with E-state index in [1.807, 2.05) is 0 Å². The van der Waals surface area contributed by atoms with E-state index in [0.717, 1.165) is 5.82 Å². The predicted octanol–water partition coefficient (Wildman–Crippen LogP) is 0.510. The summed E-state index contributed by atoms with van der Waals surface area (Å²) >= 11 is 0. The van der Waals surface area contributed by atoms with Gasteiger partial charge in [0, 0.05) is 13.2 Å². The normalized spacial score (nSPS) is 16.1. The van der Waals surface area contributed by atoms with Gasteiger partial charge in [-0.2, -0.15) is 4.98 Å². The smallest absolute Gasteiger partial charge is 0.229 e. The Morgan fingerprint density at radius 3 is 3.14 bits per heavy atom. The molecule has 0 aromatic carbocycles. The first-order valence-corrected chi connectivity index (χ1v) is 4.92. The quantitative estimate of drug-likeness (QED) is 0.720. The molecule has 1 heterocycles. The molecule has 14 heavy (non-hydrogen) atoms. The van der Waals surface area contributed by atoms with Crippen LogP contribution in [0.2, 0.25) is 0 Å². The van der Waals surface area contributed by atoms with Gasteiger partial charge < -0.3 is 14.6 Å². The molecule has 0 spiro atoms. The summed E-state index contributed by atoms with van der Waals surface area (Å²) in [5.41, 5.74) is 0. The van der Waals surface area contributed by atoms with Crippen LogP contribution in [-0.4, -0.2) is 29.9 Å². The van der Waals surface area contributed by atoms with Crippen LogP contribution >= 0.6 is 0 Å². The molecule has 0 aliphatic heterocycles. The molecule has 0 radical (unpaired) electrons. The summed E-state index contributed by atoms with van der Waals surface area (Å²) < 4.78 is 9.96. The van der Waals surface area contributed by atoms with Crippen molar-refractivity contribution >= 4 is 0 Å². The van der Waals surface area contributed by atoms with E-state index < -0.39 is 0 Å². The molecule has 1 aliphatic rings. The molecule has 78 valence electrons. The van der Waals surface area contributed by atoms with Crippen molar-refractivity contribution in [3.8, 4) is 0 Å². The van der Waals surface area contributed by atoms with Crippen molar-refractivity contribution in [3.05, 3.63) is 11.7 Å². The molecule has 1 fully saturated rings. The van der Waals surface area contributed by atoms with Gasteiger partial charge in [-0.05, 0) is 12.8 Å². The first-order valence-electron chi connectivity index (χ1n) is 4.92. The van der Waals surface area contributed by atoms with Gasteiger partial charge in [0.05, 0.1) is 19.6 Å². The fourth-order valence-electron chi connectivity index (χ4n) is 1.18. The van der Waals surface area contributed by atoms with E-state index in [2.05, 4.69) is 15.5 Å². The van der Waals surface area contributed by atoms with Gasteiger partial charge in [0.25, 0.3) is 0 Å². The Morgan fingerprint density at radius 2 is 2.43 bits per heavy atom. The summed E-state index contributed by atoms with van der Waals surface area (Å²) in [4.78, 5) is 4.23. The van der Waals surface area contributed by atoms with Gasteiger partial charge in [-0.15, -0.1) is 0 Å². The fraction of sp³-hybridized carbons (Fsp3) is 0.778. The lowest BCUT2D eigenvalue weighted by atomic mass is 10.4. The molecular weight excluding hydrogens is 182 g/mol. The first kappa shape index (κ1) is 9.61. The summed E-state index contributed by atoms with van der Waals surface area (Å²) in [5.74, 6) is 1.39. The molecule has 1 aromatic rings. The maximum absolute atomic E-state index is 5.04. The van der Waals surface area contributed by atoms with Crippen molar-refractivity contribution in [2.24, 2.45) is 0 Å². The number of rotatable bonds is 6. The van der Waals surface area contributed by atoms with Gasteiger partial charge in [-0.1, -0.05) is 5.16 Å². The highest BCUT2D eigenvalue weighted by Crippen LogP contribution is 2.18. The fourth-order valence-corrected chi connectivity index (χ4v) is 1.18. The van der Waals surface area contributed by atoms with Gasteiger partial charge in [0.1, 0.15) is 0 Å². The number of hydrogen-bond donors (Lipinski definition) is 1. The standard InChI is InChI=1S/C9H15N3O2/c1-13-5-4-9-11-8(12-14-9)6-10-7-2-3-7/h7,10H,2-6H2,1H3. The SMILES string of the molecule is COCCc1nc(CNC2CC2)no1. The molecule has 0 bridgehead atoms. The molecule has 1 saturated carbocycles. The molecule has 5 nitrogen and oxygen atoms in total. The molecule has 1 N–H and O–H groups in total. The Hall–Kier alpha value is -0.940. The Labute approximate surface area is 82.8 Å². The topological polar surface area (TPSA) is 60.2 Å². The third-order valence-corrected chi connectivity index (χ3v) is 2.16. The lowest BCUT2D eigenvalue weighted by Gasteiger charge is -1.94. The summed E-state index contributed by atoms with van der Waals surface area (Å²) in [7, 11) is 1.66. The predicted molar refractivity (Wildman–Crippen MR) is 49.7 cm³/mol. The number of nitrogens with one attached hydrogen (secondary N) is 1. The summed E-state index contributed by atoms with van der Waals surface area (Å²) in [5, 5.41) is 7.19. The van der Waals surface area contributed by atoms with E-state index in [1.54, 1.807) is 7.11 Å². The zero-order valence-corrected chi connectivity index (χ0v) is 8.32. The largest absolute Gasteiger partial charge is 0.384 e. The Kier molecular flexibility index (Phi) is 3.10. The summed E-state index contributed by atoms with van der Waals surface area (Å²) in [6.07, 6.45) is 3.23. The highest BCUT2D eigenvalue weighted by molar-refractivity contribution is 4.89. The minimum absolute atomic E-state index is 0.623. The number of aromatic nitrogens is 2. The van der Waals surface area contributed by atoms with Crippen molar-refractivity contribution in [2.75, 3.05) is 13.7 Å². The van der Waals surface area contributed by atoms with E-state index >= 15 is 0 Å². The summed E-state index contributed by atoms with van der Waals surface area (Å²) in [6.45, 7) is 1.33. The number of nitrogens with zero attached hydrogens (tertiary/aromatic N) is 2. The molecule has 2 rings (SSSR count). The van der Waals surface area contributed by atoms with E-state index in [1.165, 1.54) is 12.8 Å². The summed E-state index contributed by atoms with van der Waals surface area (Å²) in [6, 6.07) is 0.677.